The van der Waals surface area contributed by atoms with Crippen LogP contribution in [0.2, 0.25) is 0 Å². The van der Waals surface area contributed by atoms with E-state index in [-0.39, 0.29) is 0 Å². The van der Waals surface area contributed by atoms with E-state index in [1.807, 2.05) is 0 Å². The third-order valence-corrected chi connectivity index (χ3v) is 4.70. The van der Waals surface area contributed by atoms with Gasteiger partial charge in [0.1, 0.15) is 0 Å². The van der Waals surface area contributed by atoms with Crippen molar-refractivity contribution < 1.29 is 110 Å². The van der Waals surface area contributed by atoms with Crippen molar-refractivity contribution in [1.82, 2.24) is 0 Å². The van der Waals surface area contributed by atoms with Crippen LogP contribution in [0.4, 0.5) is 110 Å². The molecule has 0 aromatic carbocycles. The van der Waals surface area contributed by atoms with Crippen LogP contribution in [0.3, 0.4) is 0 Å². The van der Waals surface area contributed by atoms with Crippen LogP contribution in [0.15, 0.2) is 0 Å². The monoisotopic (exact) mass is 647 g/mol. The molecule has 0 aliphatic heterocycles. The van der Waals surface area contributed by atoms with Gasteiger partial charge in [-0.25, -0.2) is 4.39 Å². The molecule has 0 N–H and O–H groups in total. The van der Waals surface area contributed by atoms with E-state index in [0.717, 1.165) is 0 Å². The standard InChI is InChI=1S/C14H4F25/c1-2(15)4(18,19)6(22,23)8(26,27)10(30,31)12(34,35)14(38,39)13(36,37)11(32,33)9(28,29)7(24,25)5(20,21)3(16)17/h2H,1H3. The molecule has 0 nitrogen and oxygen atoms in total. The van der Waals surface area contributed by atoms with Crippen LogP contribution in [0.1, 0.15) is 6.92 Å². The second kappa shape index (κ2) is 9.13. The van der Waals surface area contributed by atoms with Crippen molar-refractivity contribution in [3.63, 3.8) is 0 Å². The SMILES string of the molecule is CC(F)C(F)(F)C(F)(F)C(F)(F)C(F)(F)C(F)(F)C(F)(F)C(F)(F)C(F)(F)C(F)(F)C(F)(F)C(F)(F)[C](F)F. The first-order valence-corrected chi connectivity index (χ1v) is 8.37. The van der Waals surface area contributed by atoms with Crippen LogP contribution < -0.4 is 0 Å². The highest BCUT2D eigenvalue weighted by Crippen LogP contribution is 2.67. The zero-order chi connectivity index (χ0) is 32.7. The van der Waals surface area contributed by atoms with Gasteiger partial charge in [-0.05, 0) is 6.92 Å². The highest BCUT2D eigenvalue weighted by atomic mass is 19.4. The lowest BCUT2D eigenvalue weighted by atomic mass is 9.84. The van der Waals surface area contributed by atoms with Gasteiger partial charge in [-0.2, -0.15) is 105 Å². The van der Waals surface area contributed by atoms with Crippen LogP contribution in [-0.4, -0.2) is 71.3 Å². The summed E-state index contributed by atoms with van der Waals surface area (Å²) in [5, 5.41) is 0. The lowest BCUT2D eigenvalue weighted by Crippen LogP contribution is -2.78. The predicted molar refractivity (Wildman–Crippen MR) is 70.4 cm³/mol. The second-order valence-electron chi connectivity index (χ2n) is 7.24. The highest BCUT2D eigenvalue weighted by Gasteiger charge is 2.99. The van der Waals surface area contributed by atoms with Crippen LogP contribution in [0.25, 0.3) is 0 Å². The largest absolute Gasteiger partial charge is 0.385 e. The van der Waals surface area contributed by atoms with Crippen molar-refractivity contribution in [2.45, 2.75) is 78.2 Å². The number of halogens is 25. The average molecular weight is 647 g/mol. The Morgan fingerprint density at radius 2 is 0.538 bits per heavy atom. The molecule has 0 fully saturated rings. The van der Waals surface area contributed by atoms with Crippen LogP contribution in [-0.2, 0) is 0 Å². The second-order valence-corrected chi connectivity index (χ2v) is 7.24. The fourth-order valence-corrected chi connectivity index (χ4v) is 2.16. The van der Waals surface area contributed by atoms with E-state index in [1.54, 1.807) is 0 Å². The summed E-state index contributed by atoms with van der Waals surface area (Å²) >= 11 is 0. The zero-order valence-electron chi connectivity index (χ0n) is 17.0. The normalized spacial score (nSPS) is 17.6. The molecule has 0 heterocycles. The van der Waals surface area contributed by atoms with Gasteiger partial charge >= 0.3 is 71.6 Å². The Kier molecular flexibility index (Phi) is 8.72. The minimum atomic E-state index is -9.53. The molecule has 1 atom stereocenters. The molecule has 0 saturated heterocycles. The summed E-state index contributed by atoms with van der Waals surface area (Å²) in [5.41, 5.74) is 0. The van der Waals surface area contributed by atoms with Gasteiger partial charge in [-0.15, -0.1) is 0 Å². The van der Waals surface area contributed by atoms with Gasteiger partial charge in [0.15, 0.2) is 6.17 Å². The van der Waals surface area contributed by atoms with Gasteiger partial charge in [0.25, 0.3) is 0 Å². The van der Waals surface area contributed by atoms with E-state index < -0.39 is 84.7 Å². The molecule has 0 aliphatic rings. The van der Waals surface area contributed by atoms with Crippen LogP contribution in [0.5, 0.6) is 0 Å². The summed E-state index contributed by atoms with van der Waals surface area (Å²) in [6, 6.07) is 0. The molecule has 0 amide bonds. The van der Waals surface area contributed by atoms with Gasteiger partial charge in [-0.1, -0.05) is 0 Å². The van der Waals surface area contributed by atoms with Crippen molar-refractivity contribution in [2.75, 3.05) is 0 Å². The third-order valence-electron chi connectivity index (χ3n) is 4.70. The number of hydrogen-bond donors (Lipinski definition) is 0. The lowest BCUT2D eigenvalue weighted by Gasteiger charge is -2.45. The maximum absolute atomic E-state index is 13.5. The summed E-state index contributed by atoms with van der Waals surface area (Å²) in [7, 11) is 0. The van der Waals surface area contributed by atoms with E-state index in [9.17, 15) is 110 Å². The molecular formula is C14H4F25. The molecule has 39 heavy (non-hydrogen) atoms. The zero-order valence-corrected chi connectivity index (χ0v) is 17.0. The Hall–Kier alpha value is -1.75. The Morgan fingerprint density at radius 1 is 0.359 bits per heavy atom. The van der Waals surface area contributed by atoms with E-state index in [1.165, 1.54) is 0 Å². The Morgan fingerprint density at radius 3 is 0.718 bits per heavy atom. The van der Waals surface area contributed by atoms with Crippen molar-refractivity contribution in [2.24, 2.45) is 0 Å². The maximum atomic E-state index is 13.5. The lowest BCUT2D eigenvalue weighted by molar-refractivity contribution is -0.475. The molecule has 1 radical (unpaired) electrons. The van der Waals surface area contributed by atoms with Crippen molar-refractivity contribution >= 4 is 0 Å². The van der Waals surface area contributed by atoms with Gasteiger partial charge in [0.2, 0.25) is 0 Å². The van der Waals surface area contributed by atoms with Gasteiger partial charge in [-0.3, -0.25) is 0 Å². The summed E-state index contributed by atoms with van der Waals surface area (Å²) < 4.78 is 327. The fraction of sp³-hybridized carbons (Fsp3) is 0.929. The third kappa shape index (κ3) is 4.23. The predicted octanol–water partition coefficient (Wildman–Crippen LogP) is 8.76. The molecule has 0 aromatic rings. The molecule has 0 saturated carbocycles. The van der Waals surface area contributed by atoms with Crippen molar-refractivity contribution in [3.05, 3.63) is 6.43 Å². The van der Waals surface area contributed by atoms with Crippen LogP contribution >= 0.6 is 0 Å². The molecule has 25 heteroatoms. The Balaban J connectivity index is 7.29. The van der Waals surface area contributed by atoms with E-state index >= 15 is 0 Å². The number of alkyl halides is 23. The van der Waals surface area contributed by atoms with E-state index in [0.29, 0.717) is 0 Å². The molecule has 0 aliphatic carbocycles. The summed E-state index contributed by atoms with van der Waals surface area (Å²) in [6.45, 7) is -0.890. The van der Waals surface area contributed by atoms with Crippen LogP contribution in [0, 0.1) is 6.43 Å². The fourth-order valence-electron chi connectivity index (χ4n) is 2.16. The van der Waals surface area contributed by atoms with Gasteiger partial charge in [0.05, 0.1) is 0 Å². The first-order valence-electron chi connectivity index (χ1n) is 8.37. The number of hydrogen-bond acceptors (Lipinski definition) is 0. The molecule has 1 unspecified atom stereocenters. The minimum absolute atomic E-state index is 0.890. The molecule has 0 bridgehead atoms. The average Bonchev–Trinajstić information content (AvgIpc) is 2.71. The topological polar surface area (TPSA) is 0 Å². The number of rotatable bonds is 12. The highest BCUT2D eigenvalue weighted by molar-refractivity contribution is 5.20. The van der Waals surface area contributed by atoms with Gasteiger partial charge in [0, 0.05) is 0 Å². The quantitative estimate of drug-likeness (QED) is 0.186. The summed E-state index contributed by atoms with van der Waals surface area (Å²) in [5.74, 6) is -97.7. The maximum Gasteiger partial charge on any atom is 0.385 e. The molecule has 0 aromatic heterocycles. The smallest absolute Gasteiger partial charge is 0.241 e. The first-order chi connectivity index (χ1) is 16.4. The first kappa shape index (κ1) is 37.2. The Labute approximate surface area is 196 Å². The molecule has 235 valence electrons. The van der Waals surface area contributed by atoms with Gasteiger partial charge < -0.3 is 0 Å². The summed E-state index contributed by atoms with van der Waals surface area (Å²) in [6.07, 6.45) is -10.2. The molecule has 0 rings (SSSR count). The van der Waals surface area contributed by atoms with Crippen molar-refractivity contribution in [1.29, 1.82) is 0 Å². The van der Waals surface area contributed by atoms with Crippen molar-refractivity contribution in [3.8, 4) is 0 Å². The Bertz CT molecular complexity index is 807. The van der Waals surface area contributed by atoms with E-state index in [2.05, 4.69) is 0 Å². The summed E-state index contributed by atoms with van der Waals surface area (Å²) in [4.78, 5) is 0. The molecular weight excluding hydrogens is 643 g/mol. The minimum Gasteiger partial charge on any atom is -0.241 e. The van der Waals surface area contributed by atoms with E-state index in [4.69, 9.17) is 0 Å². The molecule has 0 spiro atoms.